The number of ether oxygens (including phenoxy) is 2. The first-order valence-electron chi connectivity index (χ1n) is 9.18. The van der Waals surface area contributed by atoms with Gasteiger partial charge in [0.05, 0.1) is 6.61 Å². The standard InChI is InChI=1S/C21H26FN3O2/c1-15(16-6-4-3-5-7-16)12-25-21(23-2)24-9-8-17-10-19(22)11-18-13-26-14-27-20(17)18/h3-7,10-11,15H,8-9,12-14H2,1-2H3,(H2,23,24,25). The summed E-state index contributed by atoms with van der Waals surface area (Å²) >= 11 is 0. The minimum Gasteiger partial charge on any atom is -0.467 e. The van der Waals surface area contributed by atoms with Gasteiger partial charge >= 0.3 is 0 Å². The molecule has 0 bridgehead atoms. The van der Waals surface area contributed by atoms with Crippen LogP contribution in [0.1, 0.15) is 29.5 Å². The van der Waals surface area contributed by atoms with Crippen molar-refractivity contribution in [3.63, 3.8) is 0 Å². The van der Waals surface area contributed by atoms with Gasteiger partial charge in [0.15, 0.2) is 12.8 Å². The van der Waals surface area contributed by atoms with Gasteiger partial charge in [-0.05, 0) is 35.6 Å². The van der Waals surface area contributed by atoms with E-state index in [-0.39, 0.29) is 12.6 Å². The van der Waals surface area contributed by atoms with E-state index in [2.05, 4.69) is 34.7 Å². The maximum atomic E-state index is 13.8. The zero-order chi connectivity index (χ0) is 19.1. The number of hydrogen-bond acceptors (Lipinski definition) is 3. The summed E-state index contributed by atoms with van der Waals surface area (Å²) in [5.74, 6) is 1.57. The lowest BCUT2D eigenvalue weighted by Gasteiger charge is -2.21. The lowest BCUT2D eigenvalue weighted by molar-refractivity contribution is -0.0172. The third kappa shape index (κ3) is 5.20. The highest BCUT2D eigenvalue weighted by Gasteiger charge is 2.16. The van der Waals surface area contributed by atoms with Crippen molar-refractivity contribution < 1.29 is 13.9 Å². The van der Waals surface area contributed by atoms with Crippen LogP contribution in [0.5, 0.6) is 5.75 Å². The van der Waals surface area contributed by atoms with Crippen molar-refractivity contribution in [2.75, 3.05) is 26.9 Å². The van der Waals surface area contributed by atoms with Crippen LogP contribution in [0, 0.1) is 5.82 Å². The van der Waals surface area contributed by atoms with Gasteiger partial charge in [0, 0.05) is 25.7 Å². The van der Waals surface area contributed by atoms with Crippen LogP contribution in [0.15, 0.2) is 47.5 Å². The molecule has 2 aromatic carbocycles. The molecular formula is C21H26FN3O2. The van der Waals surface area contributed by atoms with Crippen LogP contribution in [0.25, 0.3) is 0 Å². The Morgan fingerprint density at radius 2 is 2.04 bits per heavy atom. The summed E-state index contributed by atoms with van der Waals surface area (Å²) in [7, 11) is 1.74. The predicted octanol–water partition coefficient (Wildman–Crippen LogP) is 3.20. The zero-order valence-corrected chi connectivity index (χ0v) is 15.8. The maximum absolute atomic E-state index is 13.8. The van der Waals surface area contributed by atoms with Crippen LogP contribution < -0.4 is 15.4 Å². The van der Waals surface area contributed by atoms with E-state index in [1.54, 1.807) is 7.05 Å². The summed E-state index contributed by atoms with van der Waals surface area (Å²) in [6, 6.07) is 13.4. The van der Waals surface area contributed by atoms with Crippen molar-refractivity contribution in [2.45, 2.75) is 25.9 Å². The highest BCUT2D eigenvalue weighted by molar-refractivity contribution is 5.79. The summed E-state index contributed by atoms with van der Waals surface area (Å²) in [4.78, 5) is 4.26. The average molecular weight is 371 g/mol. The molecule has 1 atom stereocenters. The molecule has 5 nitrogen and oxygen atoms in total. The number of benzene rings is 2. The highest BCUT2D eigenvalue weighted by Crippen LogP contribution is 2.29. The predicted molar refractivity (Wildman–Crippen MR) is 105 cm³/mol. The van der Waals surface area contributed by atoms with Gasteiger partial charge in [-0.3, -0.25) is 4.99 Å². The van der Waals surface area contributed by atoms with Crippen LogP contribution >= 0.6 is 0 Å². The fourth-order valence-electron chi connectivity index (χ4n) is 3.13. The number of fused-ring (bicyclic) bond motifs is 1. The molecule has 0 aromatic heterocycles. The molecule has 1 aliphatic rings. The molecule has 0 saturated heterocycles. The van der Waals surface area contributed by atoms with Gasteiger partial charge in [0.1, 0.15) is 11.6 Å². The smallest absolute Gasteiger partial charge is 0.191 e. The second-order valence-corrected chi connectivity index (χ2v) is 6.61. The Hall–Kier alpha value is -2.60. The number of hydrogen-bond donors (Lipinski definition) is 2. The molecule has 0 amide bonds. The van der Waals surface area contributed by atoms with Crippen molar-refractivity contribution in [2.24, 2.45) is 4.99 Å². The zero-order valence-electron chi connectivity index (χ0n) is 15.8. The van der Waals surface area contributed by atoms with Gasteiger partial charge < -0.3 is 20.1 Å². The third-order valence-electron chi connectivity index (χ3n) is 4.61. The summed E-state index contributed by atoms with van der Waals surface area (Å²) in [6.45, 7) is 4.17. The minimum absolute atomic E-state index is 0.208. The second-order valence-electron chi connectivity index (χ2n) is 6.61. The molecule has 6 heteroatoms. The third-order valence-corrected chi connectivity index (χ3v) is 4.61. The lowest BCUT2D eigenvalue weighted by atomic mass is 10.0. The molecule has 1 heterocycles. The number of nitrogens with one attached hydrogen (secondary N) is 2. The van der Waals surface area contributed by atoms with E-state index in [1.807, 2.05) is 18.2 Å². The van der Waals surface area contributed by atoms with E-state index in [4.69, 9.17) is 9.47 Å². The molecule has 0 fully saturated rings. The van der Waals surface area contributed by atoms with Gasteiger partial charge in [0.25, 0.3) is 0 Å². The minimum atomic E-state index is -0.267. The van der Waals surface area contributed by atoms with Gasteiger partial charge in [-0.25, -0.2) is 4.39 Å². The molecule has 2 aromatic rings. The molecule has 144 valence electrons. The van der Waals surface area contributed by atoms with Crippen LogP contribution in [-0.4, -0.2) is 32.9 Å². The van der Waals surface area contributed by atoms with Crippen molar-refractivity contribution in [3.8, 4) is 5.75 Å². The van der Waals surface area contributed by atoms with E-state index in [1.165, 1.54) is 17.7 Å². The van der Waals surface area contributed by atoms with Crippen molar-refractivity contribution in [1.29, 1.82) is 0 Å². The van der Waals surface area contributed by atoms with Crippen molar-refractivity contribution in [3.05, 3.63) is 65.0 Å². The van der Waals surface area contributed by atoms with E-state index in [9.17, 15) is 4.39 Å². The molecule has 1 aliphatic heterocycles. The van der Waals surface area contributed by atoms with E-state index < -0.39 is 0 Å². The number of rotatable bonds is 6. The number of halogens is 1. The topological polar surface area (TPSA) is 54.9 Å². The molecule has 2 N–H and O–H groups in total. The van der Waals surface area contributed by atoms with Gasteiger partial charge in [0.2, 0.25) is 0 Å². The monoisotopic (exact) mass is 371 g/mol. The van der Waals surface area contributed by atoms with Crippen molar-refractivity contribution >= 4 is 5.96 Å². The number of guanidine groups is 1. The molecule has 27 heavy (non-hydrogen) atoms. The Bertz CT molecular complexity index is 780. The summed E-state index contributed by atoms with van der Waals surface area (Å²) < 4.78 is 24.6. The fourth-order valence-corrected chi connectivity index (χ4v) is 3.13. The summed E-state index contributed by atoms with van der Waals surface area (Å²) in [5.41, 5.74) is 2.88. The van der Waals surface area contributed by atoms with Crippen LogP contribution in [0.2, 0.25) is 0 Å². The summed E-state index contributed by atoms with van der Waals surface area (Å²) in [5, 5.41) is 6.62. The normalized spacial score (nSPS) is 14.9. The van der Waals surface area contributed by atoms with Crippen LogP contribution in [-0.2, 0) is 17.8 Å². The first-order valence-corrected chi connectivity index (χ1v) is 9.18. The van der Waals surface area contributed by atoms with E-state index in [0.29, 0.717) is 25.5 Å². The fraction of sp³-hybridized carbons (Fsp3) is 0.381. The summed E-state index contributed by atoms with van der Waals surface area (Å²) in [6.07, 6.45) is 0.634. The molecule has 3 rings (SSSR count). The van der Waals surface area contributed by atoms with Gasteiger partial charge in [-0.1, -0.05) is 37.3 Å². The SMILES string of the molecule is CN=C(NCCc1cc(F)cc2c1OCOC2)NCC(C)c1ccccc1. The molecular weight excluding hydrogens is 345 g/mol. The number of aliphatic imine (C=N–C) groups is 1. The molecule has 0 spiro atoms. The Morgan fingerprint density at radius 1 is 1.22 bits per heavy atom. The second kappa shape index (κ2) is 9.37. The Labute approximate surface area is 159 Å². The van der Waals surface area contributed by atoms with E-state index >= 15 is 0 Å². The molecule has 1 unspecified atom stereocenters. The highest BCUT2D eigenvalue weighted by atomic mass is 19.1. The van der Waals surface area contributed by atoms with Gasteiger partial charge in [-0.2, -0.15) is 0 Å². The lowest BCUT2D eigenvalue weighted by Crippen LogP contribution is -2.40. The van der Waals surface area contributed by atoms with Crippen LogP contribution in [0.3, 0.4) is 0 Å². The van der Waals surface area contributed by atoms with Crippen molar-refractivity contribution in [1.82, 2.24) is 10.6 Å². The molecule has 0 aliphatic carbocycles. The Balaban J connectivity index is 1.51. The molecule has 0 radical (unpaired) electrons. The largest absolute Gasteiger partial charge is 0.467 e. The quantitative estimate of drug-likeness (QED) is 0.605. The van der Waals surface area contributed by atoms with Gasteiger partial charge in [-0.15, -0.1) is 0 Å². The first kappa shape index (κ1) is 19.2. The molecule has 0 saturated carbocycles. The first-order chi connectivity index (χ1) is 13.2. The maximum Gasteiger partial charge on any atom is 0.191 e. The Kier molecular flexibility index (Phi) is 6.65. The van der Waals surface area contributed by atoms with Crippen LogP contribution in [0.4, 0.5) is 4.39 Å². The number of nitrogens with zero attached hydrogens (tertiary/aromatic N) is 1. The average Bonchev–Trinajstić information content (AvgIpc) is 2.70. The van der Waals surface area contributed by atoms with E-state index in [0.717, 1.165) is 29.4 Å². The Morgan fingerprint density at radius 3 is 2.81 bits per heavy atom.